The van der Waals surface area contributed by atoms with Crippen LogP contribution in [0.2, 0.25) is 0 Å². The molecule has 2 N–H and O–H groups in total. The molecule has 0 bridgehead atoms. The van der Waals surface area contributed by atoms with Gasteiger partial charge >= 0.3 is 0 Å². The Morgan fingerprint density at radius 3 is 3.06 bits per heavy atom. The predicted molar refractivity (Wildman–Crippen MR) is 65.0 cm³/mol. The van der Waals surface area contributed by atoms with Crippen molar-refractivity contribution >= 4 is 12.2 Å². The maximum Gasteiger partial charge on any atom is 0.231 e. The van der Waals surface area contributed by atoms with E-state index in [9.17, 15) is 5.11 Å². The number of ether oxygens (including phenoxy) is 2. The third kappa shape index (κ3) is 1.87. The summed E-state index contributed by atoms with van der Waals surface area (Å²) in [5.74, 6) is 1.99. The summed E-state index contributed by atoms with van der Waals surface area (Å²) in [6.07, 6.45) is 0. The molecule has 0 amide bonds. The van der Waals surface area contributed by atoms with Crippen molar-refractivity contribution in [2.45, 2.75) is 13.2 Å². The number of H-pyrrole nitrogens is 1. The Morgan fingerprint density at radius 2 is 2.22 bits per heavy atom. The lowest BCUT2D eigenvalue weighted by Crippen LogP contribution is -2.05. The molecule has 0 aliphatic carbocycles. The van der Waals surface area contributed by atoms with Crippen LogP contribution < -0.4 is 9.47 Å². The summed E-state index contributed by atoms with van der Waals surface area (Å²) in [6, 6.07) is 5.70. The molecule has 18 heavy (non-hydrogen) atoms. The normalized spacial score (nSPS) is 12.9. The summed E-state index contributed by atoms with van der Waals surface area (Å²) in [5, 5.41) is 15.8. The van der Waals surface area contributed by atoms with E-state index in [-0.39, 0.29) is 13.4 Å². The molecule has 2 aromatic rings. The molecular formula is C11H11N3O3S. The highest BCUT2D eigenvalue weighted by Crippen LogP contribution is 2.32. The number of aromatic nitrogens is 3. The summed E-state index contributed by atoms with van der Waals surface area (Å²) >= 11 is 5.12. The molecular weight excluding hydrogens is 254 g/mol. The van der Waals surface area contributed by atoms with Crippen LogP contribution in [-0.2, 0) is 13.2 Å². The van der Waals surface area contributed by atoms with E-state index in [2.05, 4.69) is 10.2 Å². The summed E-state index contributed by atoms with van der Waals surface area (Å²) < 4.78 is 12.8. The Kier molecular flexibility index (Phi) is 2.77. The number of rotatable bonds is 3. The standard InChI is InChI=1S/C11H11N3O3S/c15-5-10-12-13-11(18)14(10)4-7-1-2-8-9(3-7)17-6-16-8/h1-3,15H,4-6H2,(H,13,18). The van der Waals surface area contributed by atoms with Crippen molar-refractivity contribution in [3.8, 4) is 11.5 Å². The molecule has 0 atom stereocenters. The quantitative estimate of drug-likeness (QED) is 0.816. The van der Waals surface area contributed by atoms with Gasteiger partial charge < -0.3 is 14.6 Å². The van der Waals surface area contributed by atoms with Crippen LogP contribution in [-0.4, -0.2) is 26.7 Å². The van der Waals surface area contributed by atoms with Crippen molar-refractivity contribution in [2.75, 3.05) is 6.79 Å². The van der Waals surface area contributed by atoms with Crippen LogP contribution in [0.4, 0.5) is 0 Å². The number of hydrogen-bond donors (Lipinski definition) is 2. The van der Waals surface area contributed by atoms with Crippen molar-refractivity contribution < 1.29 is 14.6 Å². The first-order valence-corrected chi connectivity index (χ1v) is 5.82. The SMILES string of the molecule is OCc1n[nH]c(=S)n1Cc1ccc2c(c1)OCO2. The first-order valence-electron chi connectivity index (χ1n) is 5.41. The summed E-state index contributed by atoms with van der Waals surface area (Å²) in [7, 11) is 0. The highest BCUT2D eigenvalue weighted by atomic mass is 32.1. The third-order valence-electron chi connectivity index (χ3n) is 2.76. The second-order valence-electron chi connectivity index (χ2n) is 3.88. The Labute approximate surface area is 108 Å². The van der Waals surface area contributed by atoms with Crippen LogP contribution in [0.1, 0.15) is 11.4 Å². The molecule has 0 saturated heterocycles. The van der Waals surface area contributed by atoms with Gasteiger partial charge in [-0.2, -0.15) is 5.10 Å². The molecule has 0 saturated carbocycles. The van der Waals surface area contributed by atoms with Gasteiger partial charge in [0.25, 0.3) is 0 Å². The van der Waals surface area contributed by atoms with Gasteiger partial charge in [-0.1, -0.05) is 6.07 Å². The zero-order valence-corrected chi connectivity index (χ0v) is 10.2. The Morgan fingerprint density at radius 1 is 1.39 bits per heavy atom. The molecule has 2 heterocycles. The van der Waals surface area contributed by atoms with Crippen LogP contribution in [0.15, 0.2) is 18.2 Å². The summed E-state index contributed by atoms with van der Waals surface area (Å²) in [6.45, 7) is 0.630. The number of hydrogen-bond acceptors (Lipinski definition) is 5. The minimum Gasteiger partial charge on any atom is -0.454 e. The number of nitrogens with zero attached hydrogens (tertiary/aromatic N) is 2. The highest BCUT2D eigenvalue weighted by Gasteiger charge is 2.14. The first kappa shape index (κ1) is 11.2. The molecule has 0 spiro atoms. The van der Waals surface area contributed by atoms with Crippen LogP contribution in [0.25, 0.3) is 0 Å². The molecule has 0 unspecified atom stereocenters. The van der Waals surface area contributed by atoms with Gasteiger partial charge in [0.15, 0.2) is 22.1 Å². The van der Waals surface area contributed by atoms with E-state index in [1.165, 1.54) is 0 Å². The van der Waals surface area contributed by atoms with Gasteiger partial charge in [0.1, 0.15) is 6.61 Å². The van der Waals surface area contributed by atoms with Gasteiger partial charge in [0.05, 0.1) is 6.54 Å². The molecule has 7 heteroatoms. The van der Waals surface area contributed by atoms with Crippen molar-refractivity contribution in [3.63, 3.8) is 0 Å². The van der Waals surface area contributed by atoms with Gasteiger partial charge in [-0.05, 0) is 29.9 Å². The van der Waals surface area contributed by atoms with Crippen molar-refractivity contribution in [3.05, 3.63) is 34.4 Å². The maximum atomic E-state index is 9.17. The Bertz CT molecular complexity index is 635. The van der Waals surface area contributed by atoms with E-state index in [1.54, 1.807) is 4.57 Å². The number of aliphatic hydroxyl groups excluding tert-OH is 1. The zero-order chi connectivity index (χ0) is 12.5. The van der Waals surface area contributed by atoms with E-state index in [4.69, 9.17) is 21.7 Å². The average molecular weight is 265 g/mol. The van der Waals surface area contributed by atoms with Gasteiger partial charge in [-0.15, -0.1) is 0 Å². The number of nitrogens with one attached hydrogen (secondary N) is 1. The number of aromatic amines is 1. The Hall–Kier alpha value is -1.86. The lowest BCUT2D eigenvalue weighted by Gasteiger charge is -2.06. The fourth-order valence-corrected chi connectivity index (χ4v) is 2.07. The second kappa shape index (κ2) is 4.43. The molecule has 1 aromatic carbocycles. The van der Waals surface area contributed by atoms with Gasteiger partial charge in [0.2, 0.25) is 6.79 Å². The number of aliphatic hydroxyl groups is 1. The average Bonchev–Trinajstić information content (AvgIpc) is 2.97. The smallest absolute Gasteiger partial charge is 0.231 e. The second-order valence-corrected chi connectivity index (χ2v) is 4.26. The highest BCUT2D eigenvalue weighted by molar-refractivity contribution is 7.71. The fourth-order valence-electron chi connectivity index (χ4n) is 1.86. The first-order chi connectivity index (χ1) is 8.78. The van der Waals surface area contributed by atoms with Crippen LogP contribution in [0.5, 0.6) is 11.5 Å². The van der Waals surface area contributed by atoms with E-state index in [1.807, 2.05) is 18.2 Å². The molecule has 0 fully saturated rings. The van der Waals surface area contributed by atoms with Gasteiger partial charge in [-0.25, -0.2) is 0 Å². The molecule has 1 aliphatic heterocycles. The zero-order valence-electron chi connectivity index (χ0n) is 9.42. The van der Waals surface area contributed by atoms with Crippen LogP contribution in [0, 0.1) is 4.77 Å². The van der Waals surface area contributed by atoms with Gasteiger partial charge in [0, 0.05) is 0 Å². The van der Waals surface area contributed by atoms with Crippen LogP contribution in [0.3, 0.4) is 0 Å². The van der Waals surface area contributed by atoms with E-state index in [0.29, 0.717) is 17.1 Å². The summed E-state index contributed by atoms with van der Waals surface area (Å²) in [5.41, 5.74) is 1.01. The van der Waals surface area contributed by atoms with E-state index < -0.39 is 0 Å². The van der Waals surface area contributed by atoms with Crippen molar-refractivity contribution in [2.24, 2.45) is 0 Å². The number of benzene rings is 1. The predicted octanol–water partition coefficient (Wildman–Crippen LogP) is 1.21. The van der Waals surface area contributed by atoms with Gasteiger partial charge in [-0.3, -0.25) is 9.67 Å². The third-order valence-corrected chi connectivity index (χ3v) is 3.07. The molecule has 0 radical (unpaired) electrons. The largest absolute Gasteiger partial charge is 0.454 e. The lowest BCUT2D eigenvalue weighted by molar-refractivity contribution is 0.174. The lowest BCUT2D eigenvalue weighted by atomic mass is 10.2. The van der Waals surface area contributed by atoms with Crippen LogP contribution >= 0.6 is 12.2 Å². The van der Waals surface area contributed by atoms with Crippen molar-refractivity contribution in [1.82, 2.24) is 14.8 Å². The van der Waals surface area contributed by atoms with Crippen molar-refractivity contribution in [1.29, 1.82) is 0 Å². The molecule has 1 aromatic heterocycles. The number of fused-ring (bicyclic) bond motifs is 1. The monoisotopic (exact) mass is 265 g/mol. The molecule has 1 aliphatic rings. The topological polar surface area (TPSA) is 72.3 Å². The minimum absolute atomic E-state index is 0.155. The minimum atomic E-state index is -0.155. The maximum absolute atomic E-state index is 9.17. The van der Waals surface area contributed by atoms with E-state index >= 15 is 0 Å². The molecule has 94 valence electrons. The molecule has 6 nitrogen and oxygen atoms in total. The Balaban J connectivity index is 1.92. The summed E-state index contributed by atoms with van der Waals surface area (Å²) in [4.78, 5) is 0. The van der Waals surface area contributed by atoms with E-state index in [0.717, 1.165) is 17.1 Å². The fraction of sp³-hybridized carbons (Fsp3) is 0.273. The molecule has 3 rings (SSSR count).